The minimum Gasteiger partial charge on any atom is -0.377 e. The van der Waals surface area contributed by atoms with Gasteiger partial charge in [-0.2, -0.15) is 0 Å². The van der Waals surface area contributed by atoms with Crippen LogP contribution in [0.3, 0.4) is 0 Å². The Balaban J connectivity index is 1.58. The number of aliphatic hydroxyl groups excluding tert-OH is 1. The van der Waals surface area contributed by atoms with E-state index in [1.807, 2.05) is 43.3 Å². The van der Waals surface area contributed by atoms with Gasteiger partial charge in [0.1, 0.15) is 6.23 Å². The predicted octanol–water partition coefficient (Wildman–Crippen LogP) is 3.95. The number of fused-ring (bicyclic) bond motifs is 1. The van der Waals surface area contributed by atoms with Crippen molar-refractivity contribution in [2.24, 2.45) is 5.92 Å². The summed E-state index contributed by atoms with van der Waals surface area (Å²) in [5.74, 6) is 0.296. The van der Waals surface area contributed by atoms with Crippen molar-refractivity contribution in [1.29, 1.82) is 0 Å². The highest BCUT2D eigenvalue weighted by atomic mass is 35.5. The van der Waals surface area contributed by atoms with Crippen LogP contribution in [0.15, 0.2) is 24.4 Å². The fourth-order valence-corrected chi connectivity index (χ4v) is 6.08. The molecule has 2 fully saturated rings. The molecule has 0 bridgehead atoms. The average Bonchev–Trinajstić information content (AvgIpc) is 3.48. The van der Waals surface area contributed by atoms with Crippen LogP contribution in [-0.4, -0.2) is 64.2 Å². The molecule has 1 aliphatic carbocycles. The SMILES string of the molecule is CN[C@@H](C)C(O)N[C@H](C(=O)N1CCC[C@H]1Cn1cc(C(C)=O)c2c(Cl)cccc21)C1CCCCC1. The quantitative estimate of drug-likeness (QED) is 0.357. The number of benzene rings is 1. The lowest BCUT2D eigenvalue weighted by Gasteiger charge is -2.37. The van der Waals surface area contributed by atoms with Crippen LogP contribution in [0.25, 0.3) is 10.9 Å². The zero-order chi connectivity index (χ0) is 25.1. The van der Waals surface area contributed by atoms with E-state index in [1.165, 1.54) is 6.42 Å². The Hall–Kier alpha value is -1.93. The van der Waals surface area contributed by atoms with Crippen molar-refractivity contribution >= 4 is 34.2 Å². The molecule has 2 aromatic rings. The van der Waals surface area contributed by atoms with E-state index in [-0.39, 0.29) is 29.7 Å². The topological polar surface area (TPSA) is 86.6 Å². The number of nitrogens with one attached hydrogen (secondary N) is 2. The summed E-state index contributed by atoms with van der Waals surface area (Å²) in [5, 5.41) is 18.4. The predicted molar refractivity (Wildman–Crippen MR) is 140 cm³/mol. The van der Waals surface area contributed by atoms with E-state index in [2.05, 4.69) is 15.2 Å². The highest BCUT2D eigenvalue weighted by Crippen LogP contribution is 2.32. The van der Waals surface area contributed by atoms with E-state index < -0.39 is 12.3 Å². The number of likely N-dealkylation sites (N-methyl/N-ethyl adjacent to an activating group) is 1. The Labute approximate surface area is 213 Å². The van der Waals surface area contributed by atoms with Gasteiger partial charge in [0, 0.05) is 42.3 Å². The third kappa shape index (κ3) is 5.58. The Kier molecular flexibility index (Phi) is 8.53. The standard InChI is InChI=1S/C27H39ClN4O3/c1-17(29-3)26(34)30-25(19-9-5-4-6-10-19)27(35)32-14-8-11-20(32)15-31-16-21(18(2)33)24-22(28)12-7-13-23(24)31/h7,12-13,16-17,19-20,25-26,29-30,34H,4-6,8-11,14-15H2,1-3H3/t17-,20-,25-,26?/m0/s1. The first kappa shape index (κ1) is 26.1. The van der Waals surface area contributed by atoms with Gasteiger partial charge in [-0.3, -0.25) is 14.9 Å². The molecule has 1 unspecified atom stereocenters. The lowest BCUT2D eigenvalue weighted by atomic mass is 9.83. The number of nitrogens with zero attached hydrogens (tertiary/aromatic N) is 2. The minimum absolute atomic E-state index is 0.0181. The molecule has 4 rings (SSSR count). The van der Waals surface area contributed by atoms with Crippen LogP contribution < -0.4 is 10.6 Å². The summed E-state index contributed by atoms with van der Waals surface area (Å²) in [5.41, 5.74) is 1.54. The average molecular weight is 503 g/mol. The van der Waals surface area contributed by atoms with Gasteiger partial charge < -0.3 is 19.9 Å². The minimum atomic E-state index is -0.800. The zero-order valence-electron chi connectivity index (χ0n) is 21.1. The maximum Gasteiger partial charge on any atom is 0.240 e. The second-order valence-electron chi connectivity index (χ2n) is 10.3. The molecule has 4 atom stereocenters. The number of rotatable bonds is 9. The molecule has 0 spiro atoms. The molecule has 1 aliphatic heterocycles. The monoisotopic (exact) mass is 502 g/mol. The van der Waals surface area contributed by atoms with Gasteiger partial charge >= 0.3 is 0 Å². The first-order chi connectivity index (χ1) is 16.8. The normalized spacial score (nSPS) is 21.9. The first-order valence-corrected chi connectivity index (χ1v) is 13.4. The van der Waals surface area contributed by atoms with E-state index in [0.29, 0.717) is 23.7 Å². The highest BCUT2D eigenvalue weighted by molar-refractivity contribution is 6.36. The molecule has 35 heavy (non-hydrogen) atoms. The van der Waals surface area contributed by atoms with E-state index in [4.69, 9.17) is 11.6 Å². The maximum atomic E-state index is 14.0. The molecular formula is C27H39ClN4O3. The summed E-state index contributed by atoms with van der Waals surface area (Å²) in [7, 11) is 1.81. The molecular weight excluding hydrogens is 464 g/mol. The number of likely N-dealkylation sites (tertiary alicyclic amines) is 1. The van der Waals surface area contributed by atoms with Crippen molar-refractivity contribution in [3.8, 4) is 0 Å². The number of ketones is 1. The van der Waals surface area contributed by atoms with Gasteiger partial charge in [0.05, 0.1) is 16.6 Å². The fourth-order valence-electron chi connectivity index (χ4n) is 5.81. The van der Waals surface area contributed by atoms with Crippen LogP contribution in [-0.2, 0) is 11.3 Å². The van der Waals surface area contributed by atoms with Crippen LogP contribution in [0.5, 0.6) is 0 Å². The van der Waals surface area contributed by atoms with Crippen molar-refractivity contribution in [3.63, 3.8) is 0 Å². The van der Waals surface area contributed by atoms with E-state index in [0.717, 1.165) is 49.4 Å². The number of amides is 1. The number of Topliss-reactive ketones (excluding diaryl/α,β-unsaturated/α-hetero) is 1. The van der Waals surface area contributed by atoms with Crippen molar-refractivity contribution in [2.75, 3.05) is 13.6 Å². The molecule has 2 heterocycles. The maximum absolute atomic E-state index is 14.0. The summed E-state index contributed by atoms with van der Waals surface area (Å²) in [6.45, 7) is 4.80. The van der Waals surface area contributed by atoms with Gasteiger partial charge in [-0.25, -0.2) is 0 Å². The lowest BCUT2D eigenvalue weighted by Crippen LogP contribution is -2.58. The number of carbonyl (C=O) groups is 2. The van der Waals surface area contributed by atoms with Gasteiger partial charge in [-0.15, -0.1) is 0 Å². The molecule has 1 amide bonds. The van der Waals surface area contributed by atoms with Gasteiger partial charge in [0.15, 0.2) is 5.78 Å². The third-order valence-electron chi connectivity index (χ3n) is 7.97. The van der Waals surface area contributed by atoms with Crippen LogP contribution in [0.4, 0.5) is 0 Å². The fraction of sp³-hybridized carbons (Fsp3) is 0.630. The zero-order valence-corrected chi connectivity index (χ0v) is 21.9. The summed E-state index contributed by atoms with van der Waals surface area (Å²) in [6, 6.07) is 5.16. The van der Waals surface area contributed by atoms with Crippen molar-refractivity contribution in [3.05, 3.63) is 35.0 Å². The molecule has 1 aromatic heterocycles. The number of aliphatic hydroxyl groups is 1. The van der Waals surface area contributed by atoms with Crippen molar-refractivity contribution in [2.45, 2.75) is 89.7 Å². The molecule has 1 saturated carbocycles. The molecule has 7 nitrogen and oxygen atoms in total. The second-order valence-corrected chi connectivity index (χ2v) is 10.7. The lowest BCUT2D eigenvalue weighted by molar-refractivity contribution is -0.137. The van der Waals surface area contributed by atoms with E-state index >= 15 is 0 Å². The molecule has 8 heteroatoms. The third-order valence-corrected chi connectivity index (χ3v) is 8.28. The molecule has 1 saturated heterocycles. The number of aromatic nitrogens is 1. The van der Waals surface area contributed by atoms with Crippen LogP contribution in [0, 0.1) is 5.92 Å². The number of hydrogen-bond donors (Lipinski definition) is 3. The van der Waals surface area contributed by atoms with Gasteiger partial charge in [0.25, 0.3) is 0 Å². The number of hydrogen-bond acceptors (Lipinski definition) is 5. The van der Waals surface area contributed by atoms with Gasteiger partial charge in [0.2, 0.25) is 5.91 Å². The van der Waals surface area contributed by atoms with Crippen LogP contribution in [0.2, 0.25) is 5.02 Å². The number of carbonyl (C=O) groups excluding carboxylic acids is 2. The largest absolute Gasteiger partial charge is 0.377 e. The van der Waals surface area contributed by atoms with Crippen LogP contribution in [0.1, 0.15) is 69.2 Å². The Bertz CT molecular complexity index is 1050. The van der Waals surface area contributed by atoms with Crippen molar-refractivity contribution < 1.29 is 14.7 Å². The summed E-state index contributed by atoms with van der Waals surface area (Å²) in [6.07, 6.45) is 8.41. The summed E-state index contributed by atoms with van der Waals surface area (Å²) < 4.78 is 2.08. The molecule has 2 aliphatic rings. The summed E-state index contributed by atoms with van der Waals surface area (Å²) in [4.78, 5) is 28.3. The molecule has 0 radical (unpaired) electrons. The summed E-state index contributed by atoms with van der Waals surface area (Å²) >= 11 is 6.46. The second kappa shape index (κ2) is 11.4. The molecule has 1 aromatic carbocycles. The van der Waals surface area contributed by atoms with E-state index in [1.54, 1.807) is 6.92 Å². The van der Waals surface area contributed by atoms with Gasteiger partial charge in [-0.1, -0.05) is 36.9 Å². The van der Waals surface area contributed by atoms with Gasteiger partial charge in [-0.05, 0) is 64.6 Å². The highest BCUT2D eigenvalue weighted by Gasteiger charge is 2.38. The smallest absolute Gasteiger partial charge is 0.240 e. The Morgan fingerprint density at radius 1 is 1.17 bits per heavy atom. The van der Waals surface area contributed by atoms with Crippen LogP contribution >= 0.6 is 11.6 Å². The first-order valence-electron chi connectivity index (χ1n) is 13.0. The molecule has 192 valence electrons. The number of halogens is 1. The van der Waals surface area contributed by atoms with Crippen molar-refractivity contribution in [1.82, 2.24) is 20.1 Å². The Morgan fingerprint density at radius 2 is 1.91 bits per heavy atom. The Morgan fingerprint density at radius 3 is 2.60 bits per heavy atom. The van der Waals surface area contributed by atoms with E-state index in [9.17, 15) is 14.7 Å². The molecule has 3 N–H and O–H groups in total.